The summed E-state index contributed by atoms with van der Waals surface area (Å²) in [5.41, 5.74) is 4.40. The molecule has 0 amide bonds. The predicted octanol–water partition coefficient (Wildman–Crippen LogP) is 2.68. The Morgan fingerprint density at radius 1 is 0.837 bits per heavy atom. The highest BCUT2D eigenvalue weighted by Gasteiger charge is 2.47. The van der Waals surface area contributed by atoms with Crippen molar-refractivity contribution in [1.82, 2.24) is 15.2 Å². The molecule has 0 atom stereocenters. The molecule has 5 rings (SSSR count). The Morgan fingerprint density at radius 2 is 1.35 bits per heavy atom. The Morgan fingerprint density at radius 3 is 1.82 bits per heavy atom. The van der Waals surface area contributed by atoms with E-state index in [-0.39, 0.29) is 77.8 Å². The predicted molar refractivity (Wildman–Crippen MR) is 180 cm³/mol. The number of Topliss-reactive ketones (excluding diaryl/α,β-unsaturated/α-hetero) is 4. The van der Waals surface area contributed by atoms with Crippen molar-refractivity contribution in [3.05, 3.63) is 17.0 Å². The molecule has 2 aliphatic heterocycles. The maximum absolute atomic E-state index is 12.8. The molecule has 2 aliphatic carbocycles. The van der Waals surface area contributed by atoms with Crippen LogP contribution >= 0.6 is 12.4 Å². The Labute approximate surface area is 294 Å². The van der Waals surface area contributed by atoms with Crippen LogP contribution in [-0.4, -0.2) is 91.0 Å². The summed E-state index contributed by atoms with van der Waals surface area (Å²) in [6.07, 6.45) is 6.38. The fraction of sp³-hybridized carbons (Fsp3) is 0.735. The molecular formula is C34H53ClN4O10. The van der Waals surface area contributed by atoms with Crippen LogP contribution in [0.3, 0.4) is 0 Å². The molecule has 0 radical (unpaired) electrons. The fourth-order valence-electron chi connectivity index (χ4n) is 6.97. The number of ether oxygens (including phenoxy) is 4. The van der Waals surface area contributed by atoms with E-state index in [1.807, 2.05) is 6.92 Å². The smallest absolute Gasteiger partial charge is 0.327 e. The van der Waals surface area contributed by atoms with Gasteiger partial charge in [-0.1, -0.05) is 13.8 Å². The van der Waals surface area contributed by atoms with Gasteiger partial charge in [0.05, 0.1) is 30.2 Å². The van der Waals surface area contributed by atoms with E-state index in [1.54, 1.807) is 25.5 Å². The monoisotopic (exact) mass is 712 g/mol. The van der Waals surface area contributed by atoms with Crippen molar-refractivity contribution in [2.75, 3.05) is 46.2 Å². The van der Waals surface area contributed by atoms with Gasteiger partial charge in [-0.2, -0.15) is 5.10 Å². The zero-order valence-electron chi connectivity index (χ0n) is 29.3. The average molecular weight is 713 g/mol. The first kappa shape index (κ1) is 42.1. The van der Waals surface area contributed by atoms with Gasteiger partial charge < -0.3 is 18.9 Å². The van der Waals surface area contributed by atoms with E-state index in [4.69, 9.17) is 20.1 Å². The Kier molecular flexibility index (Phi) is 17.2. The summed E-state index contributed by atoms with van der Waals surface area (Å²) in [4.78, 5) is 70.5. The van der Waals surface area contributed by atoms with E-state index >= 15 is 0 Å². The lowest BCUT2D eigenvalue weighted by atomic mass is 9.64. The molecule has 4 aliphatic rings. The Bertz CT molecular complexity index is 1290. The van der Waals surface area contributed by atoms with E-state index in [1.165, 1.54) is 0 Å². The number of hydrogen-bond acceptors (Lipinski definition) is 13. The summed E-state index contributed by atoms with van der Waals surface area (Å²) in [6.45, 7) is 10.8. The second-order valence-electron chi connectivity index (χ2n) is 12.8. The van der Waals surface area contributed by atoms with Crippen LogP contribution in [0.25, 0.3) is 0 Å². The summed E-state index contributed by atoms with van der Waals surface area (Å²) >= 11 is 0. The molecule has 14 nitrogen and oxygen atoms in total. The second kappa shape index (κ2) is 20.0. The van der Waals surface area contributed by atoms with Crippen LogP contribution in [0.1, 0.15) is 101 Å². The highest BCUT2D eigenvalue weighted by Crippen LogP contribution is 2.44. The van der Waals surface area contributed by atoms with Crippen molar-refractivity contribution >= 4 is 47.5 Å². The molecule has 1 aromatic rings. The molecule has 2 saturated heterocycles. The SMILES string of the molecule is CCC(=O)C1C(=O)CC2(CCOCC2)CC1=O.CCOC(=O)CNN.CCOC(=O)Cn1nc(CC)c2c1CC1(CCOCC1)CC2=O.Cl. The fourth-order valence-corrected chi connectivity index (χ4v) is 6.97. The highest BCUT2D eigenvalue weighted by molar-refractivity contribution is 6.20. The number of esters is 2. The van der Waals surface area contributed by atoms with Gasteiger partial charge in [0.15, 0.2) is 23.1 Å². The lowest BCUT2D eigenvalue weighted by Crippen LogP contribution is -2.46. The zero-order valence-corrected chi connectivity index (χ0v) is 30.1. The number of aryl methyl sites for hydroxylation is 1. The first-order valence-electron chi connectivity index (χ1n) is 17.1. The molecule has 0 bridgehead atoms. The number of carbonyl (C=O) groups excluding carboxylic acids is 6. The van der Waals surface area contributed by atoms with Gasteiger partial charge in [-0.25, -0.2) is 5.43 Å². The largest absolute Gasteiger partial charge is 0.465 e. The minimum atomic E-state index is -0.964. The first-order chi connectivity index (χ1) is 23.0. The molecule has 15 heteroatoms. The van der Waals surface area contributed by atoms with Crippen molar-refractivity contribution in [3.8, 4) is 0 Å². The van der Waals surface area contributed by atoms with Gasteiger partial charge in [0, 0.05) is 52.1 Å². The summed E-state index contributed by atoms with van der Waals surface area (Å²) in [7, 11) is 0. The van der Waals surface area contributed by atoms with Crippen molar-refractivity contribution in [2.45, 2.75) is 98.4 Å². The Balaban J connectivity index is 0.000000282. The topological polar surface area (TPSA) is 195 Å². The average Bonchev–Trinajstić information content (AvgIpc) is 3.39. The number of carbonyl (C=O) groups is 6. The highest BCUT2D eigenvalue weighted by atomic mass is 35.5. The Hall–Kier alpha value is -3.04. The lowest BCUT2D eigenvalue weighted by Gasteiger charge is -2.40. The van der Waals surface area contributed by atoms with Gasteiger partial charge in [-0.05, 0) is 63.2 Å². The number of nitrogens with zero attached hydrogens (tertiary/aromatic N) is 2. The van der Waals surface area contributed by atoms with Gasteiger partial charge in [0.25, 0.3) is 0 Å². The number of hydrogen-bond donors (Lipinski definition) is 2. The van der Waals surface area contributed by atoms with Crippen molar-refractivity contribution in [2.24, 2.45) is 22.6 Å². The molecule has 0 aromatic carbocycles. The molecule has 0 unspecified atom stereocenters. The van der Waals surface area contributed by atoms with Crippen LogP contribution in [0, 0.1) is 16.7 Å². The second-order valence-corrected chi connectivity index (χ2v) is 12.8. The molecule has 2 spiro atoms. The minimum Gasteiger partial charge on any atom is -0.465 e. The van der Waals surface area contributed by atoms with E-state index in [0.29, 0.717) is 65.3 Å². The lowest BCUT2D eigenvalue weighted by molar-refractivity contribution is -0.149. The first-order valence-corrected chi connectivity index (χ1v) is 17.1. The third-order valence-corrected chi connectivity index (χ3v) is 9.48. The van der Waals surface area contributed by atoms with Gasteiger partial charge in [-0.15, -0.1) is 12.4 Å². The maximum Gasteiger partial charge on any atom is 0.327 e. The van der Waals surface area contributed by atoms with Crippen LogP contribution in [0.4, 0.5) is 0 Å². The number of ketones is 4. The number of rotatable bonds is 9. The molecule has 1 saturated carbocycles. The van der Waals surface area contributed by atoms with Gasteiger partial charge in [0.1, 0.15) is 19.0 Å². The molecule has 3 heterocycles. The molecule has 276 valence electrons. The maximum atomic E-state index is 12.8. The zero-order chi connectivity index (χ0) is 35.3. The number of fused-ring (bicyclic) bond motifs is 1. The van der Waals surface area contributed by atoms with Gasteiger partial charge in [0.2, 0.25) is 0 Å². The minimum absolute atomic E-state index is 0. The summed E-state index contributed by atoms with van der Waals surface area (Å²) in [5, 5.41) is 4.52. The van der Waals surface area contributed by atoms with E-state index in [2.05, 4.69) is 15.3 Å². The normalized spacial score (nSPS) is 19.4. The molecule has 1 aromatic heterocycles. The van der Waals surface area contributed by atoms with Crippen molar-refractivity contribution in [1.29, 1.82) is 0 Å². The molecule has 49 heavy (non-hydrogen) atoms. The third kappa shape index (κ3) is 11.2. The third-order valence-electron chi connectivity index (χ3n) is 9.48. The molecular weight excluding hydrogens is 660 g/mol. The van der Waals surface area contributed by atoms with Crippen LogP contribution < -0.4 is 11.3 Å². The summed E-state index contributed by atoms with van der Waals surface area (Å²) in [5.74, 6) is 2.82. The van der Waals surface area contributed by atoms with E-state index < -0.39 is 5.92 Å². The van der Waals surface area contributed by atoms with Crippen LogP contribution in [0.2, 0.25) is 0 Å². The van der Waals surface area contributed by atoms with E-state index in [0.717, 1.165) is 49.1 Å². The van der Waals surface area contributed by atoms with Crippen LogP contribution in [-0.2, 0) is 62.3 Å². The molecule has 3 fully saturated rings. The number of hydrazine groups is 1. The summed E-state index contributed by atoms with van der Waals surface area (Å²) in [6, 6.07) is 0. The summed E-state index contributed by atoms with van der Waals surface area (Å²) < 4.78 is 22.0. The molecule has 3 N–H and O–H groups in total. The van der Waals surface area contributed by atoms with Crippen LogP contribution in [0.5, 0.6) is 0 Å². The quantitative estimate of drug-likeness (QED) is 0.164. The number of halogens is 1. The van der Waals surface area contributed by atoms with Crippen LogP contribution in [0.15, 0.2) is 0 Å². The standard InChI is InChI=1S/C17H24N2O4.C13H18O4.C4H10N2O2.ClH/c1-3-12-16-13(19(18-12)11-15(21)23-4-2)9-17(10-14(16)20)5-7-22-8-6-17;1-2-9(14)12-10(15)7-13(8-11(12)16)3-5-17-6-4-13;1-2-8-4(7)3-6-5;/h3-11H2,1-2H3;12H,2-8H2,1H3;6H,2-3,5H2,1H3;1H. The number of nitrogens with one attached hydrogen (secondary N) is 1. The van der Waals surface area contributed by atoms with Crippen molar-refractivity contribution < 1.29 is 47.7 Å². The number of nitrogens with two attached hydrogens (primary N) is 1. The number of aromatic nitrogens is 2. The van der Waals surface area contributed by atoms with E-state index in [9.17, 15) is 28.8 Å². The van der Waals surface area contributed by atoms with Gasteiger partial charge in [-0.3, -0.25) is 39.3 Å². The van der Waals surface area contributed by atoms with Crippen molar-refractivity contribution in [3.63, 3.8) is 0 Å². The van der Waals surface area contributed by atoms with Gasteiger partial charge >= 0.3 is 11.9 Å².